The molecule has 3 rings (SSSR count). The molecule has 0 radical (unpaired) electrons. The predicted molar refractivity (Wildman–Crippen MR) is 116 cm³/mol. The highest BCUT2D eigenvalue weighted by Gasteiger charge is 2.29. The first-order chi connectivity index (χ1) is 15.2. The fourth-order valence-corrected chi connectivity index (χ4v) is 3.14. The van der Waals surface area contributed by atoms with Gasteiger partial charge in [-0.15, -0.1) is 0 Å². The molecule has 0 bridgehead atoms. The zero-order valence-electron chi connectivity index (χ0n) is 17.5. The largest absolute Gasteiger partial charge is 0.483 e. The van der Waals surface area contributed by atoms with Gasteiger partial charge in [0.2, 0.25) is 0 Å². The third-order valence-electron chi connectivity index (χ3n) is 4.94. The number of nitrogens with zero attached hydrogens (tertiary/aromatic N) is 2. The van der Waals surface area contributed by atoms with Gasteiger partial charge in [-0.25, -0.2) is 9.59 Å². The van der Waals surface area contributed by atoms with E-state index in [-0.39, 0.29) is 21.9 Å². The van der Waals surface area contributed by atoms with Gasteiger partial charge < -0.3 is 29.8 Å². The first-order valence-electron chi connectivity index (χ1n) is 9.78. The van der Waals surface area contributed by atoms with Gasteiger partial charge in [0.1, 0.15) is 24.5 Å². The second-order valence-corrected chi connectivity index (χ2v) is 7.87. The van der Waals surface area contributed by atoms with E-state index < -0.39 is 49.2 Å². The normalized spacial score (nSPS) is 13.7. The highest BCUT2D eigenvalue weighted by atomic mass is 35.5. The van der Waals surface area contributed by atoms with Crippen LogP contribution in [0.3, 0.4) is 0 Å². The summed E-state index contributed by atoms with van der Waals surface area (Å²) in [5, 5.41) is 18.6. The molecule has 32 heavy (non-hydrogen) atoms. The number of aromatic nitrogens is 2. The van der Waals surface area contributed by atoms with Gasteiger partial charge in [-0.05, 0) is 32.0 Å². The number of pyridine rings is 1. The van der Waals surface area contributed by atoms with Gasteiger partial charge >= 0.3 is 11.7 Å². The SMILES string of the molecule is CC(Oc1cc2oc(=O)n([C@H](C)C(=O)OCC(N)(CO)CO)c2cc1Cl)c1ccccn1. The van der Waals surface area contributed by atoms with Crippen molar-refractivity contribution >= 4 is 28.7 Å². The molecular weight excluding hydrogens is 442 g/mol. The van der Waals surface area contributed by atoms with Crippen LogP contribution in [0.15, 0.2) is 45.7 Å². The second kappa shape index (κ2) is 9.70. The number of benzene rings is 1. The maximum absolute atomic E-state index is 12.5. The summed E-state index contributed by atoms with van der Waals surface area (Å²) in [6.07, 6.45) is 1.23. The van der Waals surface area contributed by atoms with Crippen molar-refractivity contribution in [3.63, 3.8) is 0 Å². The fourth-order valence-electron chi connectivity index (χ4n) is 2.94. The van der Waals surface area contributed by atoms with Crippen molar-refractivity contribution in [2.45, 2.75) is 31.5 Å². The molecule has 0 spiro atoms. The Bertz CT molecular complexity index is 1140. The van der Waals surface area contributed by atoms with Crippen LogP contribution < -0.4 is 16.2 Å². The Hall–Kier alpha value is -2.92. The number of hydrogen-bond donors (Lipinski definition) is 3. The highest BCUT2D eigenvalue weighted by molar-refractivity contribution is 6.32. The molecule has 0 saturated heterocycles. The summed E-state index contributed by atoms with van der Waals surface area (Å²) >= 11 is 6.37. The molecule has 2 atom stereocenters. The number of esters is 1. The van der Waals surface area contributed by atoms with E-state index in [9.17, 15) is 19.8 Å². The molecule has 4 N–H and O–H groups in total. The van der Waals surface area contributed by atoms with Crippen molar-refractivity contribution in [3.8, 4) is 5.75 Å². The average molecular weight is 466 g/mol. The number of rotatable bonds is 9. The number of oxazole rings is 1. The van der Waals surface area contributed by atoms with E-state index in [1.807, 2.05) is 12.1 Å². The standard InChI is InChI=1S/C21H24ClN3O7/c1-12(19(28)30-11-21(23,9-26)10-27)25-16-7-14(22)17(8-18(16)32-20(25)29)31-13(2)15-5-3-4-6-24-15/h3-8,12-13,26-27H,9-11,23H2,1-2H3/t12-,13?/m1/s1. The summed E-state index contributed by atoms with van der Waals surface area (Å²) in [6, 6.07) is 7.28. The maximum atomic E-state index is 12.5. The van der Waals surface area contributed by atoms with Crippen LogP contribution in [0.2, 0.25) is 5.02 Å². The van der Waals surface area contributed by atoms with Crippen LogP contribution in [0.25, 0.3) is 11.1 Å². The Morgan fingerprint density at radius 3 is 2.66 bits per heavy atom. The van der Waals surface area contributed by atoms with Crippen molar-refractivity contribution in [1.82, 2.24) is 9.55 Å². The summed E-state index contributed by atoms with van der Waals surface area (Å²) in [7, 11) is 0. The lowest BCUT2D eigenvalue weighted by atomic mass is 10.1. The number of halogens is 1. The Morgan fingerprint density at radius 2 is 2.03 bits per heavy atom. The van der Waals surface area contributed by atoms with E-state index in [2.05, 4.69) is 4.98 Å². The smallest absolute Gasteiger partial charge is 0.420 e. The van der Waals surface area contributed by atoms with Gasteiger partial charge in [0.05, 0.1) is 35.0 Å². The molecular formula is C21H24ClN3O7. The van der Waals surface area contributed by atoms with Gasteiger partial charge in [-0.1, -0.05) is 17.7 Å². The minimum Gasteiger partial charge on any atom is -0.483 e. The van der Waals surface area contributed by atoms with Crippen LogP contribution >= 0.6 is 11.6 Å². The third-order valence-corrected chi connectivity index (χ3v) is 5.23. The second-order valence-electron chi connectivity index (χ2n) is 7.47. The zero-order chi connectivity index (χ0) is 23.5. The number of nitrogens with two attached hydrogens (primary N) is 1. The first kappa shape index (κ1) is 23.7. The lowest BCUT2D eigenvalue weighted by molar-refractivity contribution is -0.150. The minimum absolute atomic E-state index is 0.168. The molecule has 0 amide bonds. The number of aliphatic hydroxyl groups is 2. The summed E-state index contributed by atoms with van der Waals surface area (Å²) in [6.45, 7) is 1.64. The van der Waals surface area contributed by atoms with E-state index in [0.717, 1.165) is 4.57 Å². The molecule has 2 aromatic heterocycles. The van der Waals surface area contributed by atoms with Crippen molar-refractivity contribution in [1.29, 1.82) is 0 Å². The van der Waals surface area contributed by atoms with Crippen molar-refractivity contribution in [2.24, 2.45) is 5.73 Å². The first-order valence-corrected chi connectivity index (χ1v) is 10.2. The quantitative estimate of drug-likeness (QED) is 0.400. The highest BCUT2D eigenvalue weighted by Crippen LogP contribution is 2.33. The Morgan fingerprint density at radius 1 is 1.31 bits per heavy atom. The van der Waals surface area contributed by atoms with Crippen LogP contribution in [0.1, 0.15) is 31.7 Å². The van der Waals surface area contributed by atoms with E-state index in [4.69, 9.17) is 31.2 Å². The van der Waals surface area contributed by atoms with E-state index >= 15 is 0 Å². The Kier molecular flexibility index (Phi) is 7.19. The van der Waals surface area contributed by atoms with Crippen LogP contribution in [0, 0.1) is 0 Å². The molecule has 172 valence electrons. The zero-order valence-corrected chi connectivity index (χ0v) is 18.3. The van der Waals surface area contributed by atoms with Gasteiger partial charge in [0.15, 0.2) is 5.58 Å². The van der Waals surface area contributed by atoms with Crippen molar-refractivity contribution in [2.75, 3.05) is 19.8 Å². The molecule has 1 aromatic carbocycles. The van der Waals surface area contributed by atoms with Crippen molar-refractivity contribution < 1.29 is 28.9 Å². The molecule has 0 fully saturated rings. The number of fused-ring (bicyclic) bond motifs is 1. The minimum atomic E-state index is -1.49. The predicted octanol–water partition coefficient (Wildman–Crippen LogP) is 1.57. The molecule has 11 heteroatoms. The average Bonchev–Trinajstić information content (AvgIpc) is 3.11. The molecule has 1 unspecified atom stereocenters. The molecule has 0 aliphatic carbocycles. The number of ether oxygens (including phenoxy) is 2. The molecule has 0 saturated carbocycles. The van der Waals surface area contributed by atoms with Crippen LogP contribution in [-0.2, 0) is 9.53 Å². The number of hydrogen-bond acceptors (Lipinski definition) is 9. The third kappa shape index (κ3) is 4.94. The van der Waals surface area contributed by atoms with Crippen LogP contribution in [0.4, 0.5) is 0 Å². The fraction of sp³-hybridized carbons (Fsp3) is 0.381. The van der Waals surface area contributed by atoms with E-state index in [1.54, 1.807) is 19.2 Å². The molecule has 0 aliphatic rings. The van der Waals surface area contributed by atoms with Gasteiger partial charge in [0.25, 0.3) is 0 Å². The van der Waals surface area contributed by atoms with E-state index in [1.165, 1.54) is 19.1 Å². The summed E-state index contributed by atoms with van der Waals surface area (Å²) in [5.41, 5.74) is 5.35. The monoisotopic (exact) mass is 465 g/mol. The molecule has 10 nitrogen and oxygen atoms in total. The Labute approximate surface area is 188 Å². The van der Waals surface area contributed by atoms with Crippen molar-refractivity contribution in [3.05, 3.63) is 57.8 Å². The maximum Gasteiger partial charge on any atom is 0.420 e. The lowest BCUT2D eigenvalue weighted by Crippen LogP contribution is -2.52. The number of carbonyl (C=O) groups is 1. The number of carbonyl (C=O) groups excluding carboxylic acids is 1. The van der Waals surface area contributed by atoms with Crippen LogP contribution in [0.5, 0.6) is 5.75 Å². The molecule has 0 aliphatic heterocycles. The Balaban J connectivity index is 1.85. The number of aliphatic hydroxyl groups excluding tert-OH is 2. The van der Waals surface area contributed by atoms with Gasteiger partial charge in [-0.3, -0.25) is 9.55 Å². The lowest BCUT2D eigenvalue weighted by Gasteiger charge is -2.24. The summed E-state index contributed by atoms with van der Waals surface area (Å²) in [4.78, 5) is 29.2. The van der Waals surface area contributed by atoms with E-state index in [0.29, 0.717) is 5.69 Å². The van der Waals surface area contributed by atoms with Gasteiger partial charge in [-0.2, -0.15) is 0 Å². The molecule has 3 aromatic rings. The topological polar surface area (TPSA) is 150 Å². The summed E-state index contributed by atoms with van der Waals surface area (Å²) in [5.74, 6) is -1.31. The van der Waals surface area contributed by atoms with Crippen LogP contribution in [-0.4, -0.2) is 51.1 Å². The molecule has 2 heterocycles. The summed E-state index contributed by atoms with van der Waals surface area (Å²) < 4.78 is 17.3. The van der Waals surface area contributed by atoms with Gasteiger partial charge in [0, 0.05) is 12.3 Å².